The van der Waals surface area contributed by atoms with Crippen LogP contribution >= 0.6 is 0 Å². The van der Waals surface area contributed by atoms with Crippen LogP contribution in [-0.2, 0) is 13.1 Å². The van der Waals surface area contributed by atoms with Gasteiger partial charge in [0.15, 0.2) is 0 Å². The molecule has 0 unspecified atom stereocenters. The zero-order chi connectivity index (χ0) is 10.4. The Morgan fingerprint density at radius 2 is 2.14 bits per heavy atom. The summed E-state index contributed by atoms with van der Waals surface area (Å²) in [6, 6.07) is 0. The molecule has 5 heteroatoms. The summed E-state index contributed by atoms with van der Waals surface area (Å²) in [6.07, 6.45) is 1.91. The van der Waals surface area contributed by atoms with Crippen molar-refractivity contribution >= 4 is 0 Å². The summed E-state index contributed by atoms with van der Waals surface area (Å²) >= 11 is 0. The first kappa shape index (κ1) is 11.1. The predicted molar refractivity (Wildman–Crippen MR) is 55.7 cm³/mol. The van der Waals surface area contributed by atoms with E-state index in [0.29, 0.717) is 6.54 Å². The van der Waals surface area contributed by atoms with E-state index in [1.807, 2.05) is 10.9 Å². The normalized spacial score (nSPS) is 11.1. The van der Waals surface area contributed by atoms with Crippen LogP contribution in [0.5, 0.6) is 0 Å². The van der Waals surface area contributed by atoms with Crippen LogP contribution in [0.25, 0.3) is 0 Å². The molecule has 1 rings (SSSR count). The first-order chi connectivity index (χ1) is 6.80. The molecule has 80 valence electrons. The van der Waals surface area contributed by atoms with Crippen LogP contribution < -0.4 is 5.73 Å². The minimum atomic E-state index is 0.464. The summed E-state index contributed by atoms with van der Waals surface area (Å²) in [5, 5.41) is 7.92. The van der Waals surface area contributed by atoms with Gasteiger partial charge in [0, 0.05) is 19.3 Å². The number of nitrogens with two attached hydrogens (primary N) is 1. The lowest BCUT2D eigenvalue weighted by atomic mass is 10.4. The van der Waals surface area contributed by atoms with Crippen LogP contribution in [0.4, 0.5) is 0 Å². The zero-order valence-corrected chi connectivity index (χ0v) is 8.98. The van der Waals surface area contributed by atoms with E-state index in [9.17, 15) is 0 Å². The van der Waals surface area contributed by atoms with E-state index in [4.69, 9.17) is 5.73 Å². The SMILES string of the molecule is CCN(CC)CCn1cc(CN)nn1. The predicted octanol–water partition coefficient (Wildman–Crippen LogP) is 0.0786. The van der Waals surface area contributed by atoms with Gasteiger partial charge in [-0.1, -0.05) is 19.1 Å². The smallest absolute Gasteiger partial charge is 0.0962 e. The van der Waals surface area contributed by atoms with Crippen molar-refractivity contribution in [2.24, 2.45) is 5.73 Å². The third-order valence-corrected chi connectivity index (χ3v) is 2.33. The molecule has 1 aromatic heterocycles. The van der Waals surface area contributed by atoms with E-state index >= 15 is 0 Å². The van der Waals surface area contributed by atoms with E-state index in [1.54, 1.807) is 0 Å². The highest BCUT2D eigenvalue weighted by atomic mass is 15.4. The molecule has 0 spiro atoms. The van der Waals surface area contributed by atoms with Gasteiger partial charge < -0.3 is 10.6 Å². The summed E-state index contributed by atoms with van der Waals surface area (Å²) in [5.41, 5.74) is 6.30. The summed E-state index contributed by atoms with van der Waals surface area (Å²) in [6.45, 7) is 8.84. The molecule has 0 radical (unpaired) electrons. The van der Waals surface area contributed by atoms with E-state index < -0.39 is 0 Å². The minimum Gasteiger partial charge on any atom is -0.325 e. The Hall–Kier alpha value is -0.940. The van der Waals surface area contributed by atoms with Crippen molar-refractivity contribution in [3.8, 4) is 0 Å². The Morgan fingerprint density at radius 1 is 1.43 bits per heavy atom. The lowest BCUT2D eigenvalue weighted by molar-refractivity contribution is 0.284. The van der Waals surface area contributed by atoms with Crippen molar-refractivity contribution in [1.29, 1.82) is 0 Å². The maximum absolute atomic E-state index is 5.45. The van der Waals surface area contributed by atoms with Gasteiger partial charge in [-0.05, 0) is 13.1 Å². The van der Waals surface area contributed by atoms with Gasteiger partial charge in [-0.25, -0.2) is 0 Å². The van der Waals surface area contributed by atoms with Crippen LogP contribution in [0.1, 0.15) is 19.5 Å². The molecule has 1 aromatic rings. The molecule has 0 saturated heterocycles. The van der Waals surface area contributed by atoms with E-state index in [1.165, 1.54) is 0 Å². The molecule has 0 atom stereocenters. The van der Waals surface area contributed by atoms with Crippen molar-refractivity contribution in [2.45, 2.75) is 26.9 Å². The van der Waals surface area contributed by atoms with Crippen LogP contribution in [0.3, 0.4) is 0 Å². The molecule has 0 aliphatic rings. The number of rotatable bonds is 6. The first-order valence-corrected chi connectivity index (χ1v) is 5.11. The van der Waals surface area contributed by atoms with Gasteiger partial charge in [0.25, 0.3) is 0 Å². The average molecular weight is 197 g/mol. The number of hydrogen-bond acceptors (Lipinski definition) is 4. The monoisotopic (exact) mass is 197 g/mol. The van der Waals surface area contributed by atoms with Gasteiger partial charge in [-0.15, -0.1) is 5.10 Å². The molecule has 0 fully saturated rings. The molecule has 0 aromatic carbocycles. The Labute approximate surface area is 84.9 Å². The highest BCUT2D eigenvalue weighted by molar-refractivity contribution is 4.90. The third kappa shape index (κ3) is 3.08. The van der Waals surface area contributed by atoms with Crippen molar-refractivity contribution in [2.75, 3.05) is 19.6 Å². The van der Waals surface area contributed by atoms with Gasteiger partial charge in [0.05, 0.1) is 12.2 Å². The third-order valence-electron chi connectivity index (χ3n) is 2.33. The van der Waals surface area contributed by atoms with Gasteiger partial charge in [-0.3, -0.25) is 4.68 Å². The largest absolute Gasteiger partial charge is 0.325 e. The van der Waals surface area contributed by atoms with E-state index in [2.05, 4.69) is 29.1 Å². The molecule has 1 heterocycles. The second-order valence-electron chi connectivity index (χ2n) is 3.20. The fourth-order valence-corrected chi connectivity index (χ4v) is 1.33. The number of likely N-dealkylation sites (N-methyl/N-ethyl adjacent to an activating group) is 1. The van der Waals surface area contributed by atoms with Crippen molar-refractivity contribution < 1.29 is 0 Å². The maximum Gasteiger partial charge on any atom is 0.0962 e. The second kappa shape index (κ2) is 5.72. The first-order valence-electron chi connectivity index (χ1n) is 5.11. The van der Waals surface area contributed by atoms with Crippen molar-refractivity contribution in [3.63, 3.8) is 0 Å². The summed E-state index contributed by atoms with van der Waals surface area (Å²) in [4.78, 5) is 2.35. The second-order valence-corrected chi connectivity index (χ2v) is 3.20. The fourth-order valence-electron chi connectivity index (χ4n) is 1.33. The molecular weight excluding hydrogens is 178 g/mol. The quantitative estimate of drug-likeness (QED) is 0.701. The van der Waals surface area contributed by atoms with Crippen LogP contribution in [-0.4, -0.2) is 39.5 Å². The number of aromatic nitrogens is 3. The highest BCUT2D eigenvalue weighted by Gasteiger charge is 2.01. The standard InChI is InChI=1S/C9H19N5/c1-3-13(4-2)5-6-14-8-9(7-10)11-12-14/h8H,3-7,10H2,1-2H3. The molecule has 0 aliphatic heterocycles. The van der Waals surface area contributed by atoms with Gasteiger partial charge >= 0.3 is 0 Å². The summed E-state index contributed by atoms with van der Waals surface area (Å²) in [7, 11) is 0. The molecule has 0 bridgehead atoms. The Bertz CT molecular complexity index is 253. The minimum absolute atomic E-state index is 0.464. The van der Waals surface area contributed by atoms with Gasteiger partial charge in [0.2, 0.25) is 0 Å². The maximum atomic E-state index is 5.45. The lowest BCUT2D eigenvalue weighted by Crippen LogP contribution is -2.27. The van der Waals surface area contributed by atoms with Crippen molar-refractivity contribution in [1.82, 2.24) is 19.9 Å². The van der Waals surface area contributed by atoms with Gasteiger partial charge in [0.1, 0.15) is 0 Å². The van der Waals surface area contributed by atoms with E-state index in [-0.39, 0.29) is 0 Å². The summed E-state index contributed by atoms with van der Waals surface area (Å²) in [5.74, 6) is 0. The molecule has 14 heavy (non-hydrogen) atoms. The molecule has 0 saturated carbocycles. The van der Waals surface area contributed by atoms with Crippen LogP contribution in [0.15, 0.2) is 6.20 Å². The highest BCUT2D eigenvalue weighted by Crippen LogP contribution is 1.93. The van der Waals surface area contributed by atoms with Crippen molar-refractivity contribution in [3.05, 3.63) is 11.9 Å². The number of hydrogen-bond donors (Lipinski definition) is 1. The van der Waals surface area contributed by atoms with E-state index in [0.717, 1.165) is 31.9 Å². The zero-order valence-electron chi connectivity index (χ0n) is 8.98. The average Bonchev–Trinajstić information content (AvgIpc) is 2.67. The Kier molecular flexibility index (Phi) is 4.55. The molecular formula is C9H19N5. The molecule has 0 amide bonds. The topological polar surface area (TPSA) is 60.0 Å². The molecule has 2 N–H and O–H groups in total. The fraction of sp³-hybridized carbons (Fsp3) is 0.778. The number of nitrogens with zero attached hydrogens (tertiary/aromatic N) is 4. The Balaban J connectivity index is 2.37. The van der Waals surface area contributed by atoms with Crippen LogP contribution in [0, 0.1) is 0 Å². The Morgan fingerprint density at radius 3 is 2.64 bits per heavy atom. The molecule has 0 aliphatic carbocycles. The lowest BCUT2D eigenvalue weighted by Gasteiger charge is -2.17. The molecule has 5 nitrogen and oxygen atoms in total. The summed E-state index contributed by atoms with van der Waals surface area (Å²) < 4.78 is 1.85. The van der Waals surface area contributed by atoms with Crippen LogP contribution in [0.2, 0.25) is 0 Å². The van der Waals surface area contributed by atoms with Gasteiger partial charge in [-0.2, -0.15) is 0 Å².